The van der Waals surface area contributed by atoms with Gasteiger partial charge in [-0.05, 0) is 30.2 Å². The van der Waals surface area contributed by atoms with Crippen molar-refractivity contribution in [2.24, 2.45) is 0 Å². The second-order valence-electron chi connectivity index (χ2n) is 6.29. The quantitative estimate of drug-likeness (QED) is 0.665. The van der Waals surface area contributed by atoms with E-state index < -0.39 is 10.5 Å². The first kappa shape index (κ1) is 16.1. The molecule has 0 aromatic heterocycles. The van der Waals surface area contributed by atoms with Gasteiger partial charge < -0.3 is 10.4 Å². The third kappa shape index (κ3) is 3.14. The topological polar surface area (TPSA) is 92.5 Å². The Hall–Kier alpha value is -2.73. The maximum atomic E-state index is 12.3. The van der Waals surface area contributed by atoms with Crippen LogP contribution in [-0.2, 0) is 12.8 Å². The molecule has 0 spiro atoms. The van der Waals surface area contributed by atoms with E-state index in [4.69, 9.17) is 0 Å². The maximum absolute atomic E-state index is 12.3. The van der Waals surface area contributed by atoms with Crippen LogP contribution in [0.3, 0.4) is 0 Å². The van der Waals surface area contributed by atoms with Crippen molar-refractivity contribution in [3.05, 3.63) is 74.8 Å². The molecule has 1 amide bonds. The number of aryl methyl sites for hydroxylation is 1. The molecule has 1 aliphatic carbocycles. The molecular weight excluding hydrogens is 308 g/mol. The third-order valence-corrected chi connectivity index (χ3v) is 4.39. The van der Waals surface area contributed by atoms with Crippen LogP contribution in [0.1, 0.15) is 27.0 Å². The van der Waals surface area contributed by atoms with Crippen LogP contribution in [0.5, 0.6) is 0 Å². The summed E-state index contributed by atoms with van der Waals surface area (Å²) in [5.41, 5.74) is 1.96. The van der Waals surface area contributed by atoms with Crippen LogP contribution < -0.4 is 5.32 Å². The largest absolute Gasteiger partial charge is 0.387 e. The zero-order chi connectivity index (χ0) is 17.3. The fourth-order valence-corrected chi connectivity index (χ4v) is 3.15. The Morgan fingerprint density at radius 1 is 1.25 bits per heavy atom. The van der Waals surface area contributed by atoms with Crippen LogP contribution in [-0.4, -0.2) is 28.1 Å². The van der Waals surface area contributed by atoms with Gasteiger partial charge in [0.2, 0.25) is 0 Å². The number of carbonyl (C=O) groups excluding carboxylic acids is 1. The van der Waals surface area contributed by atoms with E-state index in [-0.39, 0.29) is 18.1 Å². The van der Waals surface area contributed by atoms with E-state index >= 15 is 0 Å². The van der Waals surface area contributed by atoms with Gasteiger partial charge >= 0.3 is 0 Å². The van der Waals surface area contributed by atoms with Gasteiger partial charge in [0, 0.05) is 36.6 Å². The van der Waals surface area contributed by atoms with Crippen molar-refractivity contribution in [1.29, 1.82) is 0 Å². The number of aliphatic hydroxyl groups is 1. The minimum absolute atomic E-state index is 0.0172. The van der Waals surface area contributed by atoms with Crippen LogP contribution in [0.15, 0.2) is 42.5 Å². The Morgan fingerprint density at radius 2 is 1.88 bits per heavy atom. The Morgan fingerprint density at radius 3 is 2.42 bits per heavy atom. The minimum Gasteiger partial charge on any atom is -0.387 e. The summed E-state index contributed by atoms with van der Waals surface area (Å²) < 4.78 is 0. The Labute approximate surface area is 139 Å². The van der Waals surface area contributed by atoms with Gasteiger partial charge in [0.15, 0.2) is 0 Å². The van der Waals surface area contributed by atoms with E-state index in [2.05, 4.69) is 5.32 Å². The lowest BCUT2D eigenvalue weighted by Gasteiger charge is -2.22. The minimum atomic E-state index is -0.991. The van der Waals surface area contributed by atoms with Gasteiger partial charge in [-0.3, -0.25) is 14.9 Å². The average molecular weight is 326 g/mol. The van der Waals surface area contributed by atoms with E-state index in [9.17, 15) is 20.0 Å². The first-order chi connectivity index (χ1) is 11.4. The Kier molecular flexibility index (Phi) is 4.07. The average Bonchev–Trinajstić information content (AvgIpc) is 2.88. The van der Waals surface area contributed by atoms with E-state index in [1.54, 1.807) is 6.92 Å². The van der Waals surface area contributed by atoms with E-state index in [0.29, 0.717) is 24.0 Å². The molecule has 6 heteroatoms. The number of benzene rings is 2. The predicted octanol–water partition coefficient (Wildman–Crippen LogP) is 2.16. The molecule has 24 heavy (non-hydrogen) atoms. The monoisotopic (exact) mass is 326 g/mol. The highest BCUT2D eigenvalue weighted by molar-refractivity contribution is 5.94. The van der Waals surface area contributed by atoms with E-state index in [1.165, 1.54) is 18.2 Å². The summed E-state index contributed by atoms with van der Waals surface area (Å²) in [5, 5.41) is 24.2. The molecule has 3 rings (SSSR count). The van der Waals surface area contributed by atoms with Crippen molar-refractivity contribution in [3.63, 3.8) is 0 Å². The van der Waals surface area contributed by atoms with Crippen LogP contribution in [0.4, 0.5) is 5.69 Å². The van der Waals surface area contributed by atoms with Crippen molar-refractivity contribution in [2.75, 3.05) is 6.54 Å². The summed E-state index contributed by atoms with van der Waals surface area (Å²) in [5.74, 6) is -0.350. The van der Waals surface area contributed by atoms with Gasteiger partial charge in [0.05, 0.1) is 10.5 Å². The first-order valence-corrected chi connectivity index (χ1v) is 7.70. The molecule has 0 fully saturated rings. The number of fused-ring (bicyclic) bond motifs is 1. The van der Waals surface area contributed by atoms with Gasteiger partial charge in [-0.2, -0.15) is 0 Å². The molecular formula is C18H18N2O4. The zero-order valence-electron chi connectivity index (χ0n) is 13.3. The number of rotatable bonds is 4. The number of hydrogen-bond acceptors (Lipinski definition) is 4. The summed E-state index contributed by atoms with van der Waals surface area (Å²) in [6, 6.07) is 12.1. The number of amides is 1. The van der Waals surface area contributed by atoms with Gasteiger partial charge in [0.1, 0.15) is 0 Å². The predicted molar refractivity (Wildman–Crippen MR) is 89.0 cm³/mol. The molecule has 124 valence electrons. The van der Waals surface area contributed by atoms with Gasteiger partial charge in [-0.25, -0.2) is 0 Å². The van der Waals surface area contributed by atoms with Crippen molar-refractivity contribution >= 4 is 11.6 Å². The molecule has 2 aromatic rings. The number of nitrogens with zero attached hydrogens (tertiary/aromatic N) is 1. The van der Waals surface area contributed by atoms with Crippen LogP contribution in [0.2, 0.25) is 0 Å². The molecule has 2 N–H and O–H groups in total. The molecule has 6 nitrogen and oxygen atoms in total. The maximum Gasteiger partial charge on any atom is 0.272 e. The second kappa shape index (κ2) is 6.05. The van der Waals surface area contributed by atoms with Crippen LogP contribution >= 0.6 is 0 Å². The molecule has 0 aliphatic heterocycles. The third-order valence-electron chi connectivity index (χ3n) is 4.39. The number of hydrogen-bond donors (Lipinski definition) is 2. The summed E-state index contributed by atoms with van der Waals surface area (Å²) in [7, 11) is 0. The van der Waals surface area contributed by atoms with Crippen LogP contribution in [0, 0.1) is 17.0 Å². The normalized spacial score (nSPS) is 14.9. The lowest BCUT2D eigenvalue weighted by atomic mass is 10.0. The van der Waals surface area contributed by atoms with Crippen LogP contribution in [0.25, 0.3) is 0 Å². The molecule has 0 heterocycles. The number of nitro groups is 1. The molecule has 0 atom stereocenters. The van der Waals surface area contributed by atoms with E-state index in [1.807, 2.05) is 24.3 Å². The molecule has 2 aromatic carbocycles. The summed E-state index contributed by atoms with van der Waals surface area (Å²) in [4.78, 5) is 22.6. The van der Waals surface area contributed by atoms with Gasteiger partial charge in [-0.15, -0.1) is 0 Å². The molecule has 0 radical (unpaired) electrons. The lowest BCUT2D eigenvalue weighted by Crippen LogP contribution is -2.43. The fraction of sp³-hybridized carbons (Fsp3) is 0.278. The zero-order valence-corrected chi connectivity index (χ0v) is 13.3. The smallest absolute Gasteiger partial charge is 0.272 e. The number of carbonyl (C=O) groups is 1. The van der Waals surface area contributed by atoms with Crippen molar-refractivity contribution in [1.82, 2.24) is 5.32 Å². The number of nitro benzene ring substituents is 1. The molecule has 0 unspecified atom stereocenters. The highest BCUT2D eigenvalue weighted by atomic mass is 16.6. The Balaban J connectivity index is 1.66. The summed E-state index contributed by atoms with van der Waals surface area (Å²) >= 11 is 0. The highest BCUT2D eigenvalue weighted by Crippen LogP contribution is 2.29. The fourth-order valence-electron chi connectivity index (χ4n) is 3.15. The van der Waals surface area contributed by atoms with Gasteiger partial charge in [-0.1, -0.05) is 24.3 Å². The van der Waals surface area contributed by atoms with Gasteiger partial charge in [0.25, 0.3) is 11.6 Å². The van der Waals surface area contributed by atoms with E-state index in [0.717, 1.165) is 11.1 Å². The highest BCUT2D eigenvalue weighted by Gasteiger charge is 2.35. The molecule has 0 bridgehead atoms. The van der Waals surface area contributed by atoms with Crippen molar-refractivity contribution in [2.45, 2.75) is 25.4 Å². The number of nitrogens with one attached hydrogen (secondary N) is 1. The lowest BCUT2D eigenvalue weighted by molar-refractivity contribution is -0.385. The SMILES string of the molecule is Cc1cc(C(=O)NCC2(O)Cc3ccccc3C2)ccc1[N+](=O)[O-]. The second-order valence-corrected chi connectivity index (χ2v) is 6.29. The van der Waals surface area contributed by atoms with Crippen molar-refractivity contribution < 1.29 is 14.8 Å². The van der Waals surface area contributed by atoms with Crippen molar-refractivity contribution in [3.8, 4) is 0 Å². The molecule has 0 saturated carbocycles. The standard InChI is InChI=1S/C18H18N2O4/c1-12-8-13(6-7-16(12)20(23)24)17(21)19-11-18(22)9-14-4-2-3-5-15(14)10-18/h2-8,22H,9-11H2,1H3,(H,19,21). The molecule has 1 aliphatic rings. The first-order valence-electron chi connectivity index (χ1n) is 7.70. The summed E-state index contributed by atoms with van der Waals surface area (Å²) in [6.45, 7) is 1.73. The molecule has 0 saturated heterocycles. The summed E-state index contributed by atoms with van der Waals surface area (Å²) in [6.07, 6.45) is 1.01. The Bertz CT molecular complexity index is 791.